The summed E-state index contributed by atoms with van der Waals surface area (Å²) < 4.78 is 4.71. The fourth-order valence-electron chi connectivity index (χ4n) is 4.77. The number of alkyl carbamates (subject to hydrolysis) is 1. The van der Waals surface area contributed by atoms with E-state index in [0.29, 0.717) is 19.4 Å². The first-order valence-corrected chi connectivity index (χ1v) is 13.5. The van der Waals surface area contributed by atoms with E-state index >= 15 is 0 Å². The zero-order chi connectivity index (χ0) is 27.5. The van der Waals surface area contributed by atoms with Crippen molar-refractivity contribution in [3.05, 3.63) is 65.7 Å². The van der Waals surface area contributed by atoms with Crippen LogP contribution in [-0.2, 0) is 22.5 Å². The molecule has 9 nitrogen and oxygen atoms in total. The van der Waals surface area contributed by atoms with Crippen LogP contribution in [-0.4, -0.2) is 67.0 Å². The molecule has 5 N–H and O–H groups in total. The van der Waals surface area contributed by atoms with E-state index in [0.717, 1.165) is 24.2 Å². The Labute approximate surface area is 226 Å². The lowest BCUT2D eigenvalue weighted by Gasteiger charge is -2.30. The van der Waals surface area contributed by atoms with Gasteiger partial charge in [0.05, 0.1) is 19.3 Å². The molecule has 2 aromatic carbocycles. The molecule has 9 heteroatoms. The quantitative estimate of drug-likeness (QED) is 0.234. The smallest absolute Gasteiger partial charge is 0.407 e. The van der Waals surface area contributed by atoms with Gasteiger partial charge in [0.25, 0.3) is 0 Å². The van der Waals surface area contributed by atoms with Crippen LogP contribution in [0.4, 0.5) is 10.5 Å². The lowest BCUT2D eigenvalue weighted by molar-refractivity contribution is -0.126. The molecule has 1 aliphatic heterocycles. The molecule has 0 radical (unpaired) electrons. The van der Waals surface area contributed by atoms with E-state index < -0.39 is 24.3 Å². The summed E-state index contributed by atoms with van der Waals surface area (Å²) in [5.74, 6) is 5.82. The number of hydrazine groups is 1. The number of hydrogen-bond donors (Lipinski definition) is 4. The van der Waals surface area contributed by atoms with Crippen molar-refractivity contribution in [3.8, 4) is 0 Å². The standard InChI is InChI=1S/C29H43N5O4/c1-4-21(2)27(32-29(37)38-3)28(36)31-25(18-22-10-6-5-7-11-22)26(35)20-34(30)19-23-12-14-24(15-13-23)33-16-8-9-17-33/h5-7,10-15,21,25-27,35H,4,8-9,16-20,30H2,1-3H3,(H,31,36)(H,32,37)/t21?,25?,26?,27-/m0/s1. The Morgan fingerprint density at radius 1 is 1.05 bits per heavy atom. The van der Waals surface area contributed by atoms with Gasteiger partial charge in [-0.05, 0) is 48.4 Å². The monoisotopic (exact) mass is 525 g/mol. The molecule has 208 valence electrons. The van der Waals surface area contributed by atoms with Crippen molar-refractivity contribution in [2.45, 2.75) is 64.3 Å². The van der Waals surface area contributed by atoms with Crippen LogP contribution >= 0.6 is 0 Å². The normalized spacial score (nSPS) is 16.5. The average Bonchev–Trinajstić information content (AvgIpc) is 3.46. The van der Waals surface area contributed by atoms with Gasteiger partial charge >= 0.3 is 6.09 Å². The zero-order valence-electron chi connectivity index (χ0n) is 22.8. The van der Waals surface area contributed by atoms with Crippen molar-refractivity contribution in [1.29, 1.82) is 0 Å². The number of amides is 2. The molecule has 3 unspecified atom stereocenters. The third kappa shape index (κ3) is 8.72. The zero-order valence-corrected chi connectivity index (χ0v) is 22.8. The van der Waals surface area contributed by atoms with E-state index in [1.54, 1.807) is 5.01 Å². The van der Waals surface area contributed by atoms with Crippen molar-refractivity contribution in [2.24, 2.45) is 11.8 Å². The molecule has 0 bridgehead atoms. The Bertz CT molecular complexity index is 998. The maximum Gasteiger partial charge on any atom is 0.407 e. The topological polar surface area (TPSA) is 120 Å². The number of methoxy groups -OCH3 is 1. The van der Waals surface area contributed by atoms with Crippen molar-refractivity contribution in [3.63, 3.8) is 0 Å². The van der Waals surface area contributed by atoms with E-state index in [1.165, 1.54) is 25.6 Å². The van der Waals surface area contributed by atoms with Gasteiger partial charge in [-0.3, -0.25) is 10.6 Å². The summed E-state index contributed by atoms with van der Waals surface area (Å²) >= 11 is 0. The van der Waals surface area contributed by atoms with E-state index in [1.807, 2.05) is 44.2 Å². The van der Waals surface area contributed by atoms with Crippen LogP contribution in [0.3, 0.4) is 0 Å². The maximum atomic E-state index is 13.3. The summed E-state index contributed by atoms with van der Waals surface area (Å²) in [6.07, 6.45) is 1.94. The molecule has 1 heterocycles. The number of nitrogens with zero attached hydrogens (tertiary/aromatic N) is 2. The number of nitrogens with one attached hydrogen (secondary N) is 2. The van der Waals surface area contributed by atoms with Gasteiger partial charge in [-0.2, -0.15) is 0 Å². The van der Waals surface area contributed by atoms with E-state index in [2.05, 4.69) is 39.8 Å². The molecule has 1 aliphatic rings. The number of anilines is 1. The summed E-state index contributed by atoms with van der Waals surface area (Å²) in [6, 6.07) is 16.6. The second kappa shape index (κ2) is 14.7. The summed E-state index contributed by atoms with van der Waals surface area (Å²) in [7, 11) is 1.26. The van der Waals surface area contributed by atoms with Gasteiger partial charge in [-0.15, -0.1) is 0 Å². The first-order valence-electron chi connectivity index (χ1n) is 13.5. The Morgan fingerprint density at radius 2 is 1.71 bits per heavy atom. The number of ether oxygens (including phenoxy) is 1. The highest BCUT2D eigenvalue weighted by Crippen LogP contribution is 2.21. The van der Waals surface area contributed by atoms with Crippen LogP contribution in [0.5, 0.6) is 0 Å². The van der Waals surface area contributed by atoms with Crippen LogP contribution < -0.4 is 21.4 Å². The highest BCUT2D eigenvalue weighted by Gasteiger charge is 2.31. The summed E-state index contributed by atoms with van der Waals surface area (Å²) in [4.78, 5) is 27.5. The Balaban J connectivity index is 1.66. The first kappa shape index (κ1) is 29.4. The van der Waals surface area contributed by atoms with Crippen molar-refractivity contribution in [2.75, 3.05) is 31.6 Å². The van der Waals surface area contributed by atoms with Gasteiger partial charge in [-0.1, -0.05) is 62.7 Å². The second-order valence-corrected chi connectivity index (χ2v) is 10.2. The van der Waals surface area contributed by atoms with Gasteiger partial charge in [0.1, 0.15) is 6.04 Å². The third-order valence-corrected chi connectivity index (χ3v) is 7.26. The molecule has 38 heavy (non-hydrogen) atoms. The number of carbonyl (C=O) groups is 2. The Morgan fingerprint density at radius 3 is 2.32 bits per heavy atom. The van der Waals surface area contributed by atoms with Crippen LogP contribution in [0.1, 0.15) is 44.2 Å². The predicted octanol–water partition coefficient (Wildman–Crippen LogP) is 2.82. The van der Waals surface area contributed by atoms with Crippen molar-refractivity contribution >= 4 is 17.7 Å². The SMILES string of the molecule is CCC(C)[C@H](NC(=O)OC)C(=O)NC(Cc1ccccc1)C(O)CN(N)Cc1ccc(N2CCCC2)cc1. The fraction of sp³-hybridized carbons (Fsp3) is 0.517. The van der Waals surface area contributed by atoms with Gasteiger partial charge < -0.3 is 25.4 Å². The van der Waals surface area contributed by atoms with E-state index in [-0.39, 0.29) is 18.4 Å². The van der Waals surface area contributed by atoms with Crippen LogP contribution in [0.25, 0.3) is 0 Å². The molecule has 1 fully saturated rings. The number of rotatable bonds is 13. The number of nitrogens with two attached hydrogens (primary N) is 1. The molecule has 0 aliphatic carbocycles. The van der Waals surface area contributed by atoms with Gasteiger partial charge in [-0.25, -0.2) is 9.80 Å². The minimum Gasteiger partial charge on any atom is -0.453 e. The predicted molar refractivity (Wildman–Crippen MR) is 149 cm³/mol. The van der Waals surface area contributed by atoms with Crippen molar-refractivity contribution in [1.82, 2.24) is 15.6 Å². The van der Waals surface area contributed by atoms with Crippen LogP contribution in [0.2, 0.25) is 0 Å². The van der Waals surface area contributed by atoms with E-state index in [4.69, 9.17) is 10.6 Å². The van der Waals surface area contributed by atoms with Gasteiger partial charge in [0, 0.05) is 31.9 Å². The summed E-state index contributed by atoms with van der Waals surface area (Å²) in [5, 5.41) is 18.4. The summed E-state index contributed by atoms with van der Waals surface area (Å²) in [6.45, 7) is 6.64. The molecule has 1 saturated heterocycles. The van der Waals surface area contributed by atoms with Crippen molar-refractivity contribution < 1.29 is 19.4 Å². The first-order chi connectivity index (χ1) is 18.3. The number of benzene rings is 2. The molecule has 0 aromatic heterocycles. The highest BCUT2D eigenvalue weighted by molar-refractivity contribution is 5.86. The highest BCUT2D eigenvalue weighted by atomic mass is 16.5. The van der Waals surface area contributed by atoms with Crippen LogP contribution in [0.15, 0.2) is 54.6 Å². The Kier molecular flexibility index (Phi) is 11.4. The number of carbonyl (C=O) groups excluding carboxylic acids is 2. The minimum atomic E-state index is -0.941. The molecule has 2 amide bonds. The second-order valence-electron chi connectivity index (χ2n) is 10.2. The molecule has 0 saturated carbocycles. The number of aliphatic hydroxyl groups is 1. The maximum absolute atomic E-state index is 13.3. The Hall–Kier alpha value is -3.14. The largest absolute Gasteiger partial charge is 0.453 e. The lowest BCUT2D eigenvalue weighted by atomic mass is 9.96. The van der Waals surface area contributed by atoms with Crippen LogP contribution in [0, 0.1) is 5.92 Å². The molecule has 3 rings (SSSR count). The third-order valence-electron chi connectivity index (χ3n) is 7.26. The molecule has 2 aromatic rings. The molecule has 4 atom stereocenters. The van der Waals surface area contributed by atoms with Gasteiger partial charge in [0.15, 0.2) is 0 Å². The molecule has 0 spiro atoms. The molecular formula is C29H43N5O4. The molecular weight excluding hydrogens is 482 g/mol. The van der Waals surface area contributed by atoms with Gasteiger partial charge in [0.2, 0.25) is 5.91 Å². The fourth-order valence-corrected chi connectivity index (χ4v) is 4.77. The number of hydrogen-bond acceptors (Lipinski definition) is 7. The average molecular weight is 526 g/mol. The lowest BCUT2D eigenvalue weighted by Crippen LogP contribution is -2.57. The minimum absolute atomic E-state index is 0.127. The number of aliphatic hydroxyl groups excluding tert-OH is 1. The van der Waals surface area contributed by atoms with E-state index in [9.17, 15) is 14.7 Å². The summed E-state index contributed by atoms with van der Waals surface area (Å²) in [5.41, 5.74) is 3.24.